The number of aromatic nitrogens is 4. The number of benzene rings is 1. The molecular formula is C25H31N9O3. The molecule has 4 aromatic rings. The SMILES string of the molecule is COc1ccc(CN2CCN(CCn3c(=O)n(C)n4c5c(nc34)N(N)CN=C5c3ccco3)CC2)cc1. The summed E-state index contributed by atoms with van der Waals surface area (Å²) < 4.78 is 15.9. The molecule has 6 rings (SSSR count). The molecule has 194 valence electrons. The number of piperazine rings is 1. The van der Waals surface area contributed by atoms with Crippen molar-refractivity contribution in [1.29, 1.82) is 0 Å². The van der Waals surface area contributed by atoms with Gasteiger partial charge in [0, 0.05) is 52.9 Å². The van der Waals surface area contributed by atoms with Crippen molar-refractivity contribution in [2.24, 2.45) is 17.9 Å². The van der Waals surface area contributed by atoms with Crippen LogP contribution in [0.1, 0.15) is 17.0 Å². The van der Waals surface area contributed by atoms with Gasteiger partial charge in [-0.3, -0.25) is 24.4 Å². The lowest BCUT2D eigenvalue weighted by molar-refractivity contribution is 0.124. The zero-order valence-corrected chi connectivity index (χ0v) is 21.1. The Bertz CT molecular complexity index is 1470. The Morgan fingerprint density at radius 3 is 2.51 bits per heavy atom. The first-order valence-corrected chi connectivity index (χ1v) is 12.4. The van der Waals surface area contributed by atoms with E-state index in [4.69, 9.17) is 20.0 Å². The largest absolute Gasteiger partial charge is 0.497 e. The first kappa shape index (κ1) is 23.5. The van der Waals surface area contributed by atoms with Crippen molar-refractivity contribution in [3.63, 3.8) is 0 Å². The van der Waals surface area contributed by atoms with Crippen LogP contribution in [0.25, 0.3) is 5.78 Å². The summed E-state index contributed by atoms with van der Waals surface area (Å²) >= 11 is 0. The maximum atomic E-state index is 13.2. The molecule has 1 aromatic carbocycles. The van der Waals surface area contributed by atoms with Crippen molar-refractivity contribution < 1.29 is 9.15 Å². The number of rotatable bonds is 7. The van der Waals surface area contributed by atoms with E-state index in [0.717, 1.165) is 45.0 Å². The maximum Gasteiger partial charge on any atom is 0.345 e. The van der Waals surface area contributed by atoms with Gasteiger partial charge in [0.1, 0.15) is 23.8 Å². The smallest absolute Gasteiger partial charge is 0.345 e. The number of hydrogen-bond acceptors (Lipinski definition) is 9. The van der Waals surface area contributed by atoms with Crippen molar-refractivity contribution in [3.05, 3.63) is 70.2 Å². The molecule has 5 heterocycles. The third-order valence-electron chi connectivity index (χ3n) is 7.17. The molecule has 0 atom stereocenters. The molecule has 2 N–H and O–H groups in total. The number of imidazole rings is 1. The van der Waals surface area contributed by atoms with E-state index in [2.05, 4.69) is 26.9 Å². The minimum absolute atomic E-state index is 0.128. The van der Waals surface area contributed by atoms with Crippen molar-refractivity contribution in [2.45, 2.75) is 13.1 Å². The molecule has 1 saturated heterocycles. The summed E-state index contributed by atoms with van der Waals surface area (Å²) in [6, 6.07) is 11.9. The number of nitrogens with two attached hydrogens (primary N) is 1. The molecule has 0 unspecified atom stereocenters. The summed E-state index contributed by atoms with van der Waals surface area (Å²) in [5, 5.41) is 1.49. The van der Waals surface area contributed by atoms with Gasteiger partial charge in [-0.25, -0.2) is 19.8 Å². The molecule has 0 bridgehead atoms. The molecular weight excluding hydrogens is 474 g/mol. The number of furan rings is 1. The van der Waals surface area contributed by atoms with Crippen molar-refractivity contribution in [1.82, 2.24) is 28.5 Å². The number of methoxy groups -OCH3 is 1. The minimum Gasteiger partial charge on any atom is -0.497 e. The number of anilines is 1. The van der Waals surface area contributed by atoms with Gasteiger partial charge in [-0.1, -0.05) is 12.1 Å². The molecule has 37 heavy (non-hydrogen) atoms. The van der Waals surface area contributed by atoms with Crippen LogP contribution in [0.15, 0.2) is 56.9 Å². The molecule has 0 saturated carbocycles. The Kier molecular flexibility index (Phi) is 6.07. The number of nitrogens with zero attached hydrogens (tertiary/aromatic N) is 8. The predicted molar refractivity (Wildman–Crippen MR) is 139 cm³/mol. The number of hydrazine groups is 1. The number of ether oxygens (including phenoxy) is 1. The zero-order chi connectivity index (χ0) is 25.5. The molecule has 0 radical (unpaired) electrons. The van der Waals surface area contributed by atoms with E-state index < -0.39 is 0 Å². The minimum atomic E-state index is -0.128. The summed E-state index contributed by atoms with van der Waals surface area (Å²) in [6.07, 6.45) is 1.60. The third-order valence-corrected chi connectivity index (χ3v) is 7.17. The molecule has 12 nitrogen and oxygen atoms in total. The highest BCUT2D eigenvalue weighted by atomic mass is 16.5. The molecule has 1 fully saturated rings. The number of fused-ring (bicyclic) bond motifs is 3. The Labute approximate surface area is 213 Å². The lowest BCUT2D eigenvalue weighted by atomic mass is 10.2. The third kappa shape index (κ3) is 4.22. The summed E-state index contributed by atoms with van der Waals surface area (Å²) in [5.41, 5.74) is 2.44. The Hall–Kier alpha value is -3.87. The van der Waals surface area contributed by atoms with Crippen LogP contribution in [-0.4, -0.2) is 80.8 Å². The van der Waals surface area contributed by atoms with Crippen LogP contribution in [0.4, 0.5) is 5.82 Å². The van der Waals surface area contributed by atoms with E-state index in [1.807, 2.05) is 24.3 Å². The van der Waals surface area contributed by atoms with Crippen molar-refractivity contribution >= 4 is 17.3 Å². The van der Waals surface area contributed by atoms with Crippen LogP contribution in [0.2, 0.25) is 0 Å². The Morgan fingerprint density at radius 2 is 1.81 bits per heavy atom. The molecule has 2 aliphatic rings. The van der Waals surface area contributed by atoms with Gasteiger partial charge in [0.25, 0.3) is 0 Å². The predicted octanol–water partition coefficient (Wildman–Crippen LogP) is 0.743. The standard InChI is InChI=1S/C25H31N9O3/c1-29-25(35)32(14-13-30-9-11-31(12-10-30)16-18-5-7-19(36-2)8-6-18)24-28-23-22(34(24)29)21(27-17-33(23)26)20-4-3-15-37-20/h3-8,15H,9-14,16-17,26H2,1-2H3. The number of aliphatic imine (C=N–C) groups is 1. The van der Waals surface area contributed by atoms with Gasteiger partial charge < -0.3 is 9.15 Å². The van der Waals surface area contributed by atoms with E-state index in [-0.39, 0.29) is 12.4 Å². The van der Waals surface area contributed by atoms with Crippen LogP contribution in [0.3, 0.4) is 0 Å². The van der Waals surface area contributed by atoms with Crippen LogP contribution in [-0.2, 0) is 20.1 Å². The molecule has 0 spiro atoms. The molecule has 0 amide bonds. The summed E-state index contributed by atoms with van der Waals surface area (Å²) in [4.78, 5) is 27.4. The second kappa shape index (κ2) is 9.54. The van der Waals surface area contributed by atoms with E-state index in [1.54, 1.807) is 34.2 Å². The van der Waals surface area contributed by atoms with Crippen LogP contribution in [0.5, 0.6) is 5.75 Å². The van der Waals surface area contributed by atoms with Crippen LogP contribution >= 0.6 is 0 Å². The van der Waals surface area contributed by atoms with Crippen LogP contribution < -0.4 is 21.3 Å². The first-order valence-electron chi connectivity index (χ1n) is 12.4. The van der Waals surface area contributed by atoms with Gasteiger partial charge >= 0.3 is 5.69 Å². The van der Waals surface area contributed by atoms with Gasteiger partial charge in [0.2, 0.25) is 5.78 Å². The highest BCUT2D eigenvalue weighted by molar-refractivity contribution is 6.14. The second-order valence-corrected chi connectivity index (χ2v) is 9.41. The molecule has 2 aliphatic heterocycles. The zero-order valence-electron chi connectivity index (χ0n) is 21.1. The lowest BCUT2D eigenvalue weighted by Crippen LogP contribution is -2.47. The van der Waals surface area contributed by atoms with Gasteiger partial charge in [0.05, 0.1) is 13.4 Å². The Morgan fingerprint density at radius 1 is 1.05 bits per heavy atom. The fraction of sp³-hybridized carbons (Fsp3) is 0.400. The van der Waals surface area contributed by atoms with Crippen LogP contribution in [0, 0.1) is 0 Å². The van der Waals surface area contributed by atoms with Gasteiger partial charge in [-0.2, -0.15) is 4.98 Å². The van der Waals surface area contributed by atoms with Crippen molar-refractivity contribution in [3.8, 4) is 5.75 Å². The quantitative estimate of drug-likeness (QED) is 0.366. The fourth-order valence-corrected chi connectivity index (χ4v) is 5.09. The molecule has 0 aliphatic carbocycles. The average molecular weight is 506 g/mol. The highest BCUT2D eigenvalue weighted by Crippen LogP contribution is 2.27. The topological polar surface area (TPSA) is 115 Å². The normalized spacial score (nSPS) is 16.8. The maximum absolute atomic E-state index is 13.2. The summed E-state index contributed by atoms with van der Waals surface area (Å²) in [5.74, 6) is 8.82. The number of aryl methyl sites for hydroxylation is 1. The second-order valence-electron chi connectivity index (χ2n) is 9.41. The molecule has 3 aromatic heterocycles. The van der Waals surface area contributed by atoms with E-state index >= 15 is 0 Å². The highest BCUT2D eigenvalue weighted by Gasteiger charge is 2.31. The van der Waals surface area contributed by atoms with Gasteiger partial charge in [0.15, 0.2) is 11.6 Å². The van der Waals surface area contributed by atoms with Gasteiger partial charge in [-0.15, -0.1) is 0 Å². The number of hydrogen-bond donors (Lipinski definition) is 1. The fourth-order valence-electron chi connectivity index (χ4n) is 5.09. The van der Waals surface area contributed by atoms with Gasteiger partial charge in [-0.05, 0) is 29.8 Å². The molecule has 12 heteroatoms. The lowest BCUT2D eigenvalue weighted by Gasteiger charge is -2.34. The van der Waals surface area contributed by atoms with Crippen molar-refractivity contribution in [2.75, 3.05) is 51.5 Å². The van der Waals surface area contributed by atoms with E-state index in [1.165, 1.54) is 10.6 Å². The monoisotopic (exact) mass is 505 g/mol. The average Bonchev–Trinajstić information content (AvgIpc) is 3.64. The Balaban J connectivity index is 1.16. The van der Waals surface area contributed by atoms with E-state index in [9.17, 15) is 4.79 Å². The van der Waals surface area contributed by atoms with E-state index in [0.29, 0.717) is 35.3 Å². The first-order chi connectivity index (χ1) is 18.0. The summed E-state index contributed by atoms with van der Waals surface area (Å²) in [7, 11) is 3.42. The summed E-state index contributed by atoms with van der Waals surface area (Å²) in [6.45, 7) is 6.34.